The average Bonchev–Trinajstić information content (AvgIpc) is 2.50. The van der Waals surface area contributed by atoms with Crippen LogP contribution in [0, 0.1) is 0 Å². The quantitative estimate of drug-likeness (QED) is 0.836. The van der Waals surface area contributed by atoms with Gasteiger partial charge in [0, 0.05) is 6.04 Å². The van der Waals surface area contributed by atoms with E-state index in [0.29, 0.717) is 11.2 Å². The summed E-state index contributed by atoms with van der Waals surface area (Å²) >= 11 is 1.50. The fraction of sp³-hybridized carbons (Fsp3) is 0.800. The molecule has 2 N–H and O–H groups in total. The Morgan fingerprint density at radius 3 is 3.00 bits per heavy atom. The number of likely N-dealkylation sites (tertiary alicyclic amines) is 1. The third-order valence-corrected chi connectivity index (χ3v) is 3.75. The van der Waals surface area contributed by atoms with Crippen LogP contribution in [0.2, 0.25) is 0 Å². The van der Waals surface area contributed by atoms with Gasteiger partial charge in [-0.15, -0.1) is 10.2 Å². The highest BCUT2D eigenvalue weighted by Gasteiger charge is 2.18. The summed E-state index contributed by atoms with van der Waals surface area (Å²) in [6.07, 6.45) is 5.32. The Bertz CT molecular complexity index is 312. The molecule has 2 heterocycles. The van der Waals surface area contributed by atoms with E-state index >= 15 is 0 Å². The van der Waals surface area contributed by atoms with E-state index in [-0.39, 0.29) is 0 Å². The minimum atomic E-state index is 0.576. The minimum Gasteiger partial charge on any atom is -0.374 e. The zero-order chi connectivity index (χ0) is 10.7. The molecule has 0 spiro atoms. The highest BCUT2D eigenvalue weighted by atomic mass is 32.1. The Morgan fingerprint density at radius 1 is 1.40 bits per heavy atom. The van der Waals surface area contributed by atoms with Crippen molar-refractivity contribution in [3.05, 3.63) is 5.01 Å². The molecule has 4 nitrogen and oxygen atoms in total. The van der Waals surface area contributed by atoms with Crippen molar-refractivity contribution in [3.63, 3.8) is 0 Å². The predicted octanol–water partition coefficient (Wildman–Crippen LogP) is 1.88. The standard InChI is InChI=1S/C10H18N4S/c1-8-5-3-2-4-6-14(8)7-9-12-13-10(11)15-9/h8H,2-7H2,1H3,(H2,11,13). The van der Waals surface area contributed by atoms with Crippen molar-refractivity contribution >= 4 is 16.5 Å². The van der Waals surface area contributed by atoms with Crippen LogP contribution in [0.15, 0.2) is 0 Å². The van der Waals surface area contributed by atoms with Gasteiger partial charge in [-0.05, 0) is 26.3 Å². The van der Waals surface area contributed by atoms with E-state index in [1.807, 2.05) is 0 Å². The van der Waals surface area contributed by atoms with Crippen LogP contribution in [0.5, 0.6) is 0 Å². The average molecular weight is 226 g/mol. The van der Waals surface area contributed by atoms with Crippen LogP contribution in [0.1, 0.15) is 37.6 Å². The van der Waals surface area contributed by atoms with E-state index < -0.39 is 0 Å². The first-order chi connectivity index (χ1) is 7.25. The molecule has 5 heteroatoms. The highest BCUT2D eigenvalue weighted by Crippen LogP contribution is 2.20. The highest BCUT2D eigenvalue weighted by molar-refractivity contribution is 7.15. The first-order valence-corrected chi connectivity index (χ1v) is 6.39. The SMILES string of the molecule is CC1CCCCCN1Cc1nnc(N)s1. The van der Waals surface area contributed by atoms with E-state index in [1.54, 1.807) is 0 Å². The fourth-order valence-electron chi connectivity index (χ4n) is 2.07. The Balaban J connectivity index is 1.97. The van der Waals surface area contributed by atoms with Crippen molar-refractivity contribution < 1.29 is 0 Å². The molecule has 0 aromatic carbocycles. The molecule has 1 unspecified atom stereocenters. The lowest BCUT2D eigenvalue weighted by atomic mass is 10.1. The van der Waals surface area contributed by atoms with Gasteiger partial charge in [0.1, 0.15) is 5.01 Å². The maximum Gasteiger partial charge on any atom is 0.203 e. The summed E-state index contributed by atoms with van der Waals surface area (Å²) in [6, 6.07) is 0.664. The second-order valence-electron chi connectivity index (χ2n) is 4.20. The van der Waals surface area contributed by atoms with Gasteiger partial charge in [-0.3, -0.25) is 4.90 Å². The summed E-state index contributed by atoms with van der Waals surface area (Å²) in [5.74, 6) is 0. The number of hydrogen-bond donors (Lipinski definition) is 1. The number of nitrogens with two attached hydrogens (primary N) is 1. The van der Waals surface area contributed by atoms with Crippen LogP contribution >= 0.6 is 11.3 Å². The topological polar surface area (TPSA) is 55.0 Å². The van der Waals surface area contributed by atoms with Gasteiger partial charge in [0.05, 0.1) is 6.54 Å². The molecular weight excluding hydrogens is 208 g/mol. The second-order valence-corrected chi connectivity index (χ2v) is 5.30. The first-order valence-electron chi connectivity index (χ1n) is 5.57. The zero-order valence-electron chi connectivity index (χ0n) is 9.15. The maximum atomic E-state index is 5.58. The third kappa shape index (κ3) is 2.89. The lowest BCUT2D eigenvalue weighted by molar-refractivity contribution is 0.204. The van der Waals surface area contributed by atoms with Crippen LogP contribution in [0.4, 0.5) is 5.13 Å². The molecule has 1 saturated heterocycles. The molecule has 1 aliphatic rings. The number of anilines is 1. The van der Waals surface area contributed by atoms with E-state index in [2.05, 4.69) is 22.0 Å². The van der Waals surface area contributed by atoms with E-state index in [4.69, 9.17) is 5.73 Å². The number of aromatic nitrogens is 2. The molecule has 1 aromatic heterocycles. The van der Waals surface area contributed by atoms with Crippen molar-refractivity contribution in [2.75, 3.05) is 12.3 Å². The predicted molar refractivity (Wildman–Crippen MR) is 62.7 cm³/mol. The van der Waals surface area contributed by atoms with Crippen molar-refractivity contribution in [2.45, 2.75) is 45.2 Å². The number of nitrogens with zero attached hydrogens (tertiary/aromatic N) is 3. The summed E-state index contributed by atoms with van der Waals surface area (Å²) in [6.45, 7) is 4.40. The monoisotopic (exact) mass is 226 g/mol. The normalized spacial score (nSPS) is 23.9. The van der Waals surface area contributed by atoms with Gasteiger partial charge in [-0.2, -0.15) is 0 Å². The van der Waals surface area contributed by atoms with Gasteiger partial charge in [0.2, 0.25) is 5.13 Å². The molecular formula is C10H18N4S. The lowest BCUT2D eigenvalue weighted by Crippen LogP contribution is -2.31. The Hall–Kier alpha value is -0.680. The molecule has 84 valence electrons. The minimum absolute atomic E-state index is 0.576. The molecule has 1 fully saturated rings. The van der Waals surface area contributed by atoms with Gasteiger partial charge in [0.15, 0.2) is 0 Å². The molecule has 1 aliphatic heterocycles. The zero-order valence-corrected chi connectivity index (χ0v) is 9.96. The third-order valence-electron chi connectivity index (χ3n) is 3.01. The van der Waals surface area contributed by atoms with Crippen LogP contribution in [0.25, 0.3) is 0 Å². The van der Waals surface area contributed by atoms with Gasteiger partial charge >= 0.3 is 0 Å². The smallest absolute Gasteiger partial charge is 0.203 e. The van der Waals surface area contributed by atoms with Gasteiger partial charge in [0.25, 0.3) is 0 Å². The van der Waals surface area contributed by atoms with Gasteiger partial charge < -0.3 is 5.73 Å². The molecule has 2 rings (SSSR count). The van der Waals surface area contributed by atoms with Crippen LogP contribution < -0.4 is 5.73 Å². The molecule has 0 radical (unpaired) electrons. The molecule has 0 saturated carbocycles. The number of hydrogen-bond acceptors (Lipinski definition) is 5. The Kier molecular flexibility index (Phi) is 3.53. The molecule has 1 atom stereocenters. The number of rotatable bonds is 2. The number of nitrogen functional groups attached to an aromatic ring is 1. The first kappa shape index (κ1) is 10.8. The maximum absolute atomic E-state index is 5.58. The van der Waals surface area contributed by atoms with E-state index in [9.17, 15) is 0 Å². The Morgan fingerprint density at radius 2 is 2.27 bits per heavy atom. The summed E-state index contributed by atoms with van der Waals surface area (Å²) < 4.78 is 0. The molecule has 0 bridgehead atoms. The molecule has 0 amide bonds. The largest absolute Gasteiger partial charge is 0.374 e. The van der Waals surface area contributed by atoms with Crippen molar-refractivity contribution in [1.82, 2.24) is 15.1 Å². The molecule has 0 aliphatic carbocycles. The summed E-state index contributed by atoms with van der Waals surface area (Å²) in [4.78, 5) is 2.49. The van der Waals surface area contributed by atoms with Crippen LogP contribution in [-0.4, -0.2) is 27.7 Å². The molecule has 15 heavy (non-hydrogen) atoms. The lowest BCUT2D eigenvalue weighted by Gasteiger charge is -2.25. The van der Waals surface area contributed by atoms with Crippen LogP contribution in [0.3, 0.4) is 0 Å². The van der Waals surface area contributed by atoms with Crippen molar-refractivity contribution in [3.8, 4) is 0 Å². The summed E-state index contributed by atoms with van der Waals surface area (Å²) in [5.41, 5.74) is 5.58. The molecule has 1 aromatic rings. The summed E-state index contributed by atoms with van der Waals surface area (Å²) in [7, 11) is 0. The van der Waals surface area contributed by atoms with Gasteiger partial charge in [-0.25, -0.2) is 0 Å². The van der Waals surface area contributed by atoms with E-state index in [1.165, 1.54) is 43.6 Å². The van der Waals surface area contributed by atoms with Crippen molar-refractivity contribution in [1.29, 1.82) is 0 Å². The van der Waals surface area contributed by atoms with Gasteiger partial charge in [-0.1, -0.05) is 24.2 Å². The van der Waals surface area contributed by atoms with Crippen molar-refractivity contribution in [2.24, 2.45) is 0 Å². The Labute approximate surface area is 94.5 Å². The van der Waals surface area contributed by atoms with Crippen LogP contribution in [-0.2, 0) is 6.54 Å². The summed E-state index contributed by atoms with van der Waals surface area (Å²) in [5, 5.41) is 9.55. The second kappa shape index (κ2) is 4.90. The van der Waals surface area contributed by atoms with E-state index in [0.717, 1.165) is 11.6 Å². The fourth-order valence-corrected chi connectivity index (χ4v) is 2.71.